The first-order valence-corrected chi connectivity index (χ1v) is 2.77. The minimum atomic E-state index is -2.71. The highest BCUT2D eigenvalue weighted by molar-refractivity contribution is 4.56. The first kappa shape index (κ1) is 8.84. The summed E-state index contributed by atoms with van der Waals surface area (Å²) in [4.78, 5) is 0. The summed E-state index contributed by atoms with van der Waals surface area (Å²) in [7, 11) is 0. The zero-order valence-electron chi connectivity index (χ0n) is 5.53. The van der Waals surface area contributed by atoms with Crippen LogP contribution in [0.3, 0.4) is 0 Å². The van der Waals surface area contributed by atoms with Gasteiger partial charge in [0.15, 0.2) is 0 Å². The van der Waals surface area contributed by atoms with Crippen molar-refractivity contribution in [3.05, 3.63) is 0 Å². The highest BCUT2D eigenvalue weighted by atomic mass is 16.7. The normalized spacial score (nSPS) is 15.7. The van der Waals surface area contributed by atoms with E-state index in [-0.39, 0.29) is 0 Å². The van der Waals surface area contributed by atoms with Gasteiger partial charge >= 0.3 is 5.97 Å². The molecule has 0 spiro atoms. The molecule has 0 radical (unpaired) electrons. The fraction of sp³-hybridized carbons (Fsp3) is 1.00. The van der Waals surface area contributed by atoms with Crippen molar-refractivity contribution in [1.82, 2.24) is 0 Å². The Balaban J connectivity index is 3.59. The average molecular weight is 136 g/mol. The van der Waals surface area contributed by atoms with Crippen LogP contribution in [-0.2, 0) is 4.74 Å². The second-order valence-electron chi connectivity index (χ2n) is 1.78. The molecular formula is C5H12O4. The summed E-state index contributed by atoms with van der Waals surface area (Å²) in [5, 5.41) is 25.2. The van der Waals surface area contributed by atoms with Crippen LogP contribution in [-0.4, -0.2) is 34.0 Å². The molecule has 4 nitrogen and oxygen atoms in total. The van der Waals surface area contributed by atoms with Gasteiger partial charge in [0.2, 0.25) is 0 Å². The Labute approximate surface area is 53.7 Å². The van der Waals surface area contributed by atoms with Crippen LogP contribution in [0.25, 0.3) is 0 Å². The summed E-state index contributed by atoms with van der Waals surface area (Å²) in [5.41, 5.74) is 0. The van der Waals surface area contributed by atoms with Gasteiger partial charge in [0.1, 0.15) is 6.10 Å². The van der Waals surface area contributed by atoms with Crippen molar-refractivity contribution >= 4 is 0 Å². The van der Waals surface area contributed by atoms with Gasteiger partial charge in [-0.1, -0.05) is 0 Å². The molecule has 0 saturated heterocycles. The van der Waals surface area contributed by atoms with E-state index >= 15 is 0 Å². The third kappa shape index (κ3) is 3.42. The molecular weight excluding hydrogens is 124 g/mol. The van der Waals surface area contributed by atoms with Crippen molar-refractivity contribution in [3.8, 4) is 0 Å². The zero-order valence-corrected chi connectivity index (χ0v) is 5.53. The smallest absolute Gasteiger partial charge is 0.302 e. The Morgan fingerprint density at radius 1 is 1.44 bits per heavy atom. The van der Waals surface area contributed by atoms with Gasteiger partial charge in [-0.3, -0.25) is 0 Å². The van der Waals surface area contributed by atoms with E-state index in [0.717, 1.165) is 0 Å². The van der Waals surface area contributed by atoms with Crippen LogP contribution in [0.1, 0.15) is 13.8 Å². The quantitative estimate of drug-likeness (QED) is 0.437. The molecule has 9 heavy (non-hydrogen) atoms. The SMILES string of the molecule is CCOC(C)C(O)(O)O. The summed E-state index contributed by atoms with van der Waals surface area (Å²) in [6.07, 6.45) is -0.970. The van der Waals surface area contributed by atoms with Crippen molar-refractivity contribution in [1.29, 1.82) is 0 Å². The number of hydrogen-bond donors (Lipinski definition) is 3. The van der Waals surface area contributed by atoms with Gasteiger partial charge in [-0.25, -0.2) is 0 Å². The zero-order chi connectivity index (χ0) is 7.49. The second kappa shape index (κ2) is 3.12. The van der Waals surface area contributed by atoms with Crippen molar-refractivity contribution in [3.63, 3.8) is 0 Å². The molecule has 0 bridgehead atoms. The summed E-state index contributed by atoms with van der Waals surface area (Å²) in [6.45, 7) is 3.40. The summed E-state index contributed by atoms with van der Waals surface area (Å²) in [5.74, 6) is -2.71. The van der Waals surface area contributed by atoms with E-state index < -0.39 is 12.1 Å². The predicted molar refractivity (Wildman–Crippen MR) is 30.5 cm³/mol. The van der Waals surface area contributed by atoms with Crippen molar-refractivity contribution in [2.75, 3.05) is 6.61 Å². The van der Waals surface area contributed by atoms with Gasteiger partial charge in [-0.2, -0.15) is 0 Å². The van der Waals surface area contributed by atoms with Gasteiger partial charge in [-0.15, -0.1) is 0 Å². The van der Waals surface area contributed by atoms with Crippen LogP contribution in [0.4, 0.5) is 0 Å². The fourth-order valence-electron chi connectivity index (χ4n) is 0.362. The molecule has 56 valence electrons. The third-order valence-corrected chi connectivity index (χ3v) is 0.962. The van der Waals surface area contributed by atoms with Crippen molar-refractivity contribution in [2.45, 2.75) is 25.9 Å². The topological polar surface area (TPSA) is 69.9 Å². The number of ether oxygens (including phenoxy) is 1. The van der Waals surface area contributed by atoms with E-state index in [9.17, 15) is 0 Å². The maximum absolute atomic E-state index is 8.40. The molecule has 0 aromatic heterocycles. The molecule has 0 aliphatic rings. The average Bonchev–Trinajstić information content (AvgIpc) is 1.64. The summed E-state index contributed by atoms with van der Waals surface area (Å²) >= 11 is 0. The van der Waals surface area contributed by atoms with E-state index in [1.807, 2.05) is 0 Å². The predicted octanol–water partition coefficient (Wildman–Crippen LogP) is -0.958. The number of aliphatic hydroxyl groups is 3. The van der Waals surface area contributed by atoms with Gasteiger partial charge < -0.3 is 20.1 Å². The molecule has 0 heterocycles. The van der Waals surface area contributed by atoms with E-state index in [1.54, 1.807) is 6.92 Å². The van der Waals surface area contributed by atoms with E-state index in [2.05, 4.69) is 4.74 Å². The molecule has 0 aliphatic heterocycles. The van der Waals surface area contributed by atoms with Crippen LogP contribution in [0.2, 0.25) is 0 Å². The molecule has 4 heteroatoms. The number of hydrogen-bond acceptors (Lipinski definition) is 4. The summed E-state index contributed by atoms with van der Waals surface area (Å²) < 4.78 is 4.66. The monoisotopic (exact) mass is 136 g/mol. The molecule has 0 fully saturated rings. The molecule has 0 rings (SSSR count). The van der Waals surface area contributed by atoms with E-state index in [1.165, 1.54) is 6.92 Å². The van der Waals surface area contributed by atoms with E-state index in [0.29, 0.717) is 6.61 Å². The minimum absolute atomic E-state index is 0.338. The lowest BCUT2D eigenvalue weighted by Gasteiger charge is -2.21. The fourth-order valence-corrected chi connectivity index (χ4v) is 0.362. The largest absolute Gasteiger partial charge is 0.370 e. The molecule has 0 saturated carbocycles. The lowest BCUT2D eigenvalue weighted by atomic mass is 10.3. The second-order valence-corrected chi connectivity index (χ2v) is 1.78. The van der Waals surface area contributed by atoms with Crippen LogP contribution < -0.4 is 0 Å². The molecule has 0 aliphatic carbocycles. The van der Waals surface area contributed by atoms with Crippen molar-refractivity contribution in [2.24, 2.45) is 0 Å². The van der Waals surface area contributed by atoms with Gasteiger partial charge in [0.05, 0.1) is 0 Å². The Bertz CT molecular complexity index is 75.5. The molecule has 0 amide bonds. The summed E-state index contributed by atoms with van der Waals surface area (Å²) in [6, 6.07) is 0. The standard InChI is InChI=1S/C5H12O4/c1-3-9-4(2)5(6,7)8/h4,6-8H,3H2,1-2H3. The van der Waals surface area contributed by atoms with Crippen molar-refractivity contribution < 1.29 is 20.1 Å². The molecule has 1 unspecified atom stereocenters. The third-order valence-electron chi connectivity index (χ3n) is 0.962. The molecule has 3 N–H and O–H groups in total. The van der Waals surface area contributed by atoms with Gasteiger partial charge in [0, 0.05) is 6.61 Å². The molecule has 1 atom stereocenters. The van der Waals surface area contributed by atoms with Crippen LogP contribution in [0, 0.1) is 0 Å². The highest BCUT2D eigenvalue weighted by Gasteiger charge is 2.27. The first-order chi connectivity index (χ1) is 3.98. The lowest BCUT2D eigenvalue weighted by Crippen LogP contribution is -2.41. The maximum atomic E-state index is 8.40. The van der Waals surface area contributed by atoms with Gasteiger partial charge in [-0.05, 0) is 13.8 Å². The highest BCUT2D eigenvalue weighted by Crippen LogP contribution is 2.04. The van der Waals surface area contributed by atoms with Crippen LogP contribution in [0.5, 0.6) is 0 Å². The Morgan fingerprint density at radius 3 is 2.00 bits per heavy atom. The first-order valence-electron chi connectivity index (χ1n) is 2.77. The van der Waals surface area contributed by atoms with E-state index in [4.69, 9.17) is 15.3 Å². The Kier molecular flexibility index (Phi) is 3.07. The maximum Gasteiger partial charge on any atom is 0.302 e. The van der Waals surface area contributed by atoms with Crippen LogP contribution >= 0.6 is 0 Å². The van der Waals surface area contributed by atoms with Crippen LogP contribution in [0.15, 0.2) is 0 Å². The number of rotatable bonds is 3. The Hall–Kier alpha value is -0.160. The lowest BCUT2D eigenvalue weighted by molar-refractivity contribution is -0.357. The molecule has 0 aromatic rings. The van der Waals surface area contributed by atoms with Gasteiger partial charge in [0.25, 0.3) is 0 Å². The molecule has 0 aromatic carbocycles. The Morgan fingerprint density at radius 2 is 1.89 bits per heavy atom. The minimum Gasteiger partial charge on any atom is -0.370 e.